The van der Waals surface area contributed by atoms with E-state index in [1.54, 1.807) is 0 Å². The summed E-state index contributed by atoms with van der Waals surface area (Å²) in [4.78, 5) is 0. The van der Waals surface area contributed by atoms with Gasteiger partial charge in [-0.05, 0) is 58.0 Å². The highest BCUT2D eigenvalue weighted by Gasteiger charge is 2.41. The van der Waals surface area contributed by atoms with E-state index in [1.165, 1.54) is 12.8 Å². The van der Waals surface area contributed by atoms with E-state index in [-0.39, 0.29) is 0 Å². The van der Waals surface area contributed by atoms with Crippen molar-refractivity contribution in [3.63, 3.8) is 0 Å². The zero-order valence-corrected chi connectivity index (χ0v) is 11.3. The lowest BCUT2D eigenvalue weighted by Crippen LogP contribution is -2.56. The topological polar surface area (TPSA) is 44.3 Å². The molecule has 3 N–H and O–H groups in total. The predicted octanol–water partition coefficient (Wildman–Crippen LogP) is 1.66. The Bertz CT molecular complexity index is 236. The fraction of sp³-hybridized carbons (Fsp3) is 1.00. The molecule has 1 saturated heterocycles. The van der Waals surface area contributed by atoms with E-state index in [0.29, 0.717) is 12.1 Å². The minimum Gasteiger partial charge on any atom is -0.388 e. The summed E-state index contributed by atoms with van der Waals surface area (Å²) < 4.78 is 0. The number of hydrogen-bond acceptors (Lipinski definition) is 3. The van der Waals surface area contributed by atoms with E-state index in [1.807, 2.05) is 7.05 Å². The lowest BCUT2D eigenvalue weighted by atomic mass is 9.73. The van der Waals surface area contributed by atoms with Crippen molar-refractivity contribution in [1.82, 2.24) is 10.6 Å². The molecule has 2 aliphatic rings. The normalized spacial score (nSPS) is 43.6. The molecule has 0 radical (unpaired) electrons. The quantitative estimate of drug-likeness (QED) is 0.703. The van der Waals surface area contributed by atoms with Gasteiger partial charge in [-0.25, -0.2) is 0 Å². The van der Waals surface area contributed by atoms with Crippen LogP contribution in [0.3, 0.4) is 0 Å². The Labute approximate surface area is 105 Å². The second kappa shape index (κ2) is 5.68. The summed E-state index contributed by atoms with van der Waals surface area (Å²) in [6.07, 6.45) is 7.83. The summed E-state index contributed by atoms with van der Waals surface area (Å²) in [6, 6.07) is 0.944. The van der Waals surface area contributed by atoms with E-state index in [9.17, 15) is 5.11 Å². The molecule has 2 rings (SSSR count). The fourth-order valence-corrected chi connectivity index (χ4v) is 3.53. The van der Waals surface area contributed by atoms with Gasteiger partial charge in [0.25, 0.3) is 0 Å². The van der Waals surface area contributed by atoms with E-state index < -0.39 is 5.60 Å². The van der Waals surface area contributed by atoms with Gasteiger partial charge in [-0.2, -0.15) is 0 Å². The number of piperidine rings is 1. The smallest absolute Gasteiger partial charge is 0.0801 e. The Balaban J connectivity index is 1.92. The van der Waals surface area contributed by atoms with Crippen molar-refractivity contribution >= 4 is 0 Å². The first-order chi connectivity index (χ1) is 8.18. The van der Waals surface area contributed by atoms with Gasteiger partial charge in [0, 0.05) is 12.1 Å². The van der Waals surface area contributed by atoms with Crippen molar-refractivity contribution in [2.45, 2.75) is 69.6 Å². The summed E-state index contributed by atoms with van der Waals surface area (Å²) in [7, 11) is 2.03. The van der Waals surface area contributed by atoms with Crippen LogP contribution in [0.5, 0.6) is 0 Å². The molecule has 17 heavy (non-hydrogen) atoms. The minimum atomic E-state index is -0.443. The third-order valence-corrected chi connectivity index (χ3v) is 5.00. The second-order valence-corrected chi connectivity index (χ2v) is 5.97. The van der Waals surface area contributed by atoms with Gasteiger partial charge in [-0.1, -0.05) is 13.3 Å². The molecule has 0 amide bonds. The van der Waals surface area contributed by atoms with Crippen LogP contribution >= 0.6 is 0 Å². The Morgan fingerprint density at radius 1 is 1.29 bits per heavy atom. The number of aliphatic hydroxyl groups is 1. The predicted molar refractivity (Wildman–Crippen MR) is 71.1 cm³/mol. The van der Waals surface area contributed by atoms with Gasteiger partial charge >= 0.3 is 0 Å². The monoisotopic (exact) mass is 240 g/mol. The van der Waals surface area contributed by atoms with E-state index in [4.69, 9.17) is 0 Å². The first-order valence-electron chi connectivity index (χ1n) is 7.31. The Morgan fingerprint density at radius 2 is 2.00 bits per heavy atom. The van der Waals surface area contributed by atoms with E-state index >= 15 is 0 Å². The van der Waals surface area contributed by atoms with Crippen LogP contribution in [0.4, 0.5) is 0 Å². The van der Waals surface area contributed by atoms with Crippen molar-refractivity contribution in [1.29, 1.82) is 0 Å². The van der Waals surface area contributed by atoms with Crippen LogP contribution in [-0.4, -0.2) is 36.4 Å². The molecular formula is C14H28N2O. The zero-order chi connectivity index (χ0) is 12.3. The Hall–Kier alpha value is -0.120. The average Bonchev–Trinajstić information content (AvgIpc) is 2.40. The molecule has 1 saturated carbocycles. The maximum atomic E-state index is 10.8. The van der Waals surface area contributed by atoms with Crippen LogP contribution in [0, 0.1) is 5.92 Å². The van der Waals surface area contributed by atoms with Crippen LogP contribution in [-0.2, 0) is 0 Å². The van der Waals surface area contributed by atoms with Crippen molar-refractivity contribution in [2.24, 2.45) is 5.92 Å². The summed E-state index contributed by atoms with van der Waals surface area (Å²) in [5.74, 6) is 0.812. The third-order valence-electron chi connectivity index (χ3n) is 5.00. The second-order valence-electron chi connectivity index (χ2n) is 5.97. The molecule has 1 heterocycles. The molecule has 0 bridgehead atoms. The SMILES string of the molecule is CCC1CCNC(C2(O)CCC(NC)CC2)C1. The number of hydrogen-bond donors (Lipinski definition) is 3. The molecule has 0 aromatic rings. The van der Waals surface area contributed by atoms with Crippen LogP contribution < -0.4 is 10.6 Å². The third kappa shape index (κ3) is 3.01. The zero-order valence-electron chi connectivity index (χ0n) is 11.3. The molecule has 100 valence electrons. The molecule has 0 aromatic heterocycles. The molecule has 1 aliphatic carbocycles. The van der Waals surface area contributed by atoms with Gasteiger partial charge in [0.05, 0.1) is 5.60 Å². The van der Waals surface area contributed by atoms with Gasteiger partial charge in [-0.15, -0.1) is 0 Å². The van der Waals surface area contributed by atoms with Gasteiger partial charge < -0.3 is 15.7 Å². The maximum Gasteiger partial charge on any atom is 0.0801 e. The molecule has 1 aliphatic heterocycles. The van der Waals surface area contributed by atoms with Crippen LogP contribution in [0.15, 0.2) is 0 Å². The number of rotatable bonds is 3. The van der Waals surface area contributed by atoms with E-state index in [2.05, 4.69) is 17.6 Å². The van der Waals surface area contributed by atoms with Crippen molar-refractivity contribution in [3.8, 4) is 0 Å². The summed E-state index contributed by atoms with van der Waals surface area (Å²) in [5.41, 5.74) is -0.443. The summed E-state index contributed by atoms with van der Waals surface area (Å²) in [5, 5.41) is 17.7. The molecule has 3 nitrogen and oxygen atoms in total. The molecule has 0 spiro atoms. The average molecular weight is 240 g/mol. The van der Waals surface area contributed by atoms with Crippen LogP contribution in [0.1, 0.15) is 51.9 Å². The Morgan fingerprint density at radius 3 is 2.59 bits per heavy atom. The largest absolute Gasteiger partial charge is 0.388 e. The van der Waals surface area contributed by atoms with Gasteiger partial charge in [0.2, 0.25) is 0 Å². The Kier molecular flexibility index (Phi) is 4.45. The molecule has 2 fully saturated rings. The lowest BCUT2D eigenvalue weighted by Gasteiger charge is -2.45. The fourth-order valence-electron chi connectivity index (χ4n) is 3.53. The van der Waals surface area contributed by atoms with Crippen molar-refractivity contribution < 1.29 is 5.11 Å². The lowest BCUT2D eigenvalue weighted by molar-refractivity contribution is -0.0486. The standard InChI is InChI=1S/C14H28N2O/c1-3-11-6-9-16-13(10-11)14(17)7-4-12(15-2)5-8-14/h11-13,15-17H,3-10H2,1-2H3. The van der Waals surface area contributed by atoms with Gasteiger partial charge in [-0.3, -0.25) is 0 Å². The maximum absolute atomic E-state index is 10.8. The van der Waals surface area contributed by atoms with Crippen molar-refractivity contribution in [3.05, 3.63) is 0 Å². The van der Waals surface area contributed by atoms with Crippen LogP contribution in [0.25, 0.3) is 0 Å². The van der Waals surface area contributed by atoms with Gasteiger partial charge in [0.15, 0.2) is 0 Å². The molecule has 2 atom stereocenters. The van der Waals surface area contributed by atoms with Crippen molar-refractivity contribution in [2.75, 3.05) is 13.6 Å². The molecule has 3 heteroatoms. The highest BCUT2D eigenvalue weighted by Crippen LogP contribution is 2.35. The first-order valence-corrected chi connectivity index (χ1v) is 7.31. The van der Waals surface area contributed by atoms with Gasteiger partial charge in [0.1, 0.15) is 0 Å². The molecular weight excluding hydrogens is 212 g/mol. The summed E-state index contributed by atoms with van der Waals surface area (Å²) in [6.45, 7) is 3.36. The van der Waals surface area contributed by atoms with Crippen LogP contribution in [0.2, 0.25) is 0 Å². The number of nitrogens with one attached hydrogen (secondary N) is 2. The molecule has 2 unspecified atom stereocenters. The highest BCUT2D eigenvalue weighted by molar-refractivity contribution is 4.98. The first kappa shape index (κ1) is 13.3. The highest BCUT2D eigenvalue weighted by atomic mass is 16.3. The van der Waals surface area contributed by atoms with E-state index in [0.717, 1.165) is 44.6 Å². The summed E-state index contributed by atoms with van der Waals surface area (Å²) >= 11 is 0. The molecule has 0 aromatic carbocycles. The minimum absolute atomic E-state index is 0.332.